The molecule has 0 radical (unpaired) electrons. The van der Waals surface area contributed by atoms with Gasteiger partial charge < -0.3 is 11.1 Å². The Kier molecular flexibility index (Phi) is 6.21. The maximum Gasteiger partial charge on any atom is 0.249 e. The molecule has 1 heterocycles. The highest BCUT2D eigenvalue weighted by Crippen LogP contribution is 2.17. The van der Waals surface area contributed by atoms with Crippen molar-refractivity contribution in [2.45, 2.75) is 32.7 Å². The lowest BCUT2D eigenvalue weighted by Gasteiger charge is -2.30. The van der Waals surface area contributed by atoms with Crippen molar-refractivity contribution in [3.05, 3.63) is 35.4 Å². The maximum atomic E-state index is 11.5. The minimum atomic E-state index is -0.330. The van der Waals surface area contributed by atoms with Gasteiger partial charge >= 0.3 is 0 Å². The number of rotatable bonds is 7. The van der Waals surface area contributed by atoms with Crippen LogP contribution in [0.25, 0.3) is 0 Å². The normalized spacial score (nSPS) is 16.3. The van der Waals surface area contributed by atoms with E-state index in [-0.39, 0.29) is 5.91 Å². The van der Waals surface area contributed by atoms with Crippen molar-refractivity contribution < 1.29 is 4.79 Å². The van der Waals surface area contributed by atoms with Crippen molar-refractivity contribution in [1.82, 2.24) is 10.2 Å². The van der Waals surface area contributed by atoms with E-state index in [2.05, 4.69) is 17.1 Å². The van der Waals surface area contributed by atoms with Gasteiger partial charge in [-0.15, -0.1) is 0 Å². The zero-order valence-corrected chi connectivity index (χ0v) is 13.0. The number of hydrogen-bond donors (Lipinski definition) is 2. The largest absolute Gasteiger partial charge is 0.366 e. The predicted octanol–water partition coefficient (Wildman–Crippen LogP) is 2.00. The number of hydrogen-bond acceptors (Lipinski definition) is 3. The van der Waals surface area contributed by atoms with E-state index in [0.717, 1.165) is 50.6 Å². The summed E-state index contributed by atoms with van der Waals surface area (Å²) in [7, 11) is 0. The minimum Gasteiger partial charge on any atom is -0.366 e. The summed E-state index contributed by atoms with van der Waals surface area (Å²) in [4.78, 5) is 14.0. The van der Waals surface area contributed by atoms with Crippen LogP contribution in [-0.2, 0) is 6.54 Å². The molecule has 1 aromatic rings. The zero-order chi connectivity index (χ0) is 15.1. The molecule has 21 heavy (non-hydrogen) atoms. The topological polar surface area (TPSA) is 58.4 Å². The summed E-state index contributed by atoms with van der Waals surface area (Å²) < 4.78 is 0. The van der Waals surface area contributed by atoms with Crippen LogP contribution >= 0.6 is 0 Å². The van der Waals surface area contributed by atoms with Crippen molar-refractivity contribution in [3.8, 4) is 0 Å². The quantitative estimate of drug-likeness (QED) is 0.807. The molecule has 0 aliphatic carbocycles. The lowest BCUT2D eigenvalue weighted by atomic mass is 9.97. The summed E-state index contributed by atoms with van der Waals surface area (Å²) in [5.74, 6) is 0.433. The number of carbonyl (C=O) groups is 1. The molecule has 1 fully saturated rings. The molecule has 1 aliphatic rings. The highest BCUT2D eigenvalue weighted by Gasteiger charge is 2.18. The van der Waals surface area contributed by atoms with E-state index in [4.69, 9.17) is 5.73 Å². The summed E-state index contributed by atoms with van der Waals surface area (Å²) in [5, 5.41) is 3.41. The molecule has 0 spiro atoms. The molecule has 0 bridgehead atoms. The maximum absolute atomic E-state index is 11.5. The number of benzene rings is 1. The molecule has 0 unspecified atom stereocenters. The fraction of sp³-hybridized carbons (Fsp3) is 0.588. The van der Waals surface area contributed by atoms with Gasteiger partial charge in [-0.05, 0) is 56.4 Å². The number of carbonyl (C=O) groups excluding carboxylic acids is 1. The summed E-state index contributed by atoms with van der Waals surface area (Å²) in [6, 6.07) is 7.70. The van der Waals surface area contributed by atoms with Gasteiger partial charge in [-0.3, -0.25) is 9.69 Å². The molecular weight excluding hydrogens is 262 g/mol. The molecule has 2 rings (SSSR count). The SMILES string of the molecule is CCCN(Cc1ccccc1C(N)=O)CC1CCNCC1. The molecule has 1 aliphatic heterocycles. The monoisotopic (exact) mass is 289 g/mol. The van der Waals surface area contributed by atoms with Crippen molar-refractivity contribution >= 4 is 5.91 Å². The van der Waals surface area contributed by atoms with Crippen LogP contribution in [0.3, 0.4) is 0 Å². The minimum absolute atomic E-state index is 0.330. The van der Waals surface area contributed by atoms with E-state index in [1.807, 2.05) is 24.3 Å². The van der Waals surface area contributed by atoms with Crippen LogP contribution in [0, 0.1) is 5.92 Å². The molecule has 1 saturated heterocycles. The number of primary amides is 1. The lowest BCUT2D eigenvalue weighted by molar-refractivity contribution is 0.0998. The van der Waals surface area contributed by atoms with Gasteiger partial charge in [0, 0.05) is 18.7 Å². The van der Waals surface area contributed by atoms with Crippen LogP contribution in [0.15, 0.2) is 24.3 Å². The fourth-order valence-corrected chi connectivity index (χ4v) is 3.12. The first-order chi connectivity index (χ1) is 10.2. The predicted molar refractivity (Wildman–Crippen MR) is 86.1 cm³/mol. The highest BCUT2D eigenvalue weighted by atomic mass is 16.1. The smallest absolute Gasteiger partial charge is 0.249 e. The Labute approximate surface area is 127 Å². The Balaban J connectivity index is 2.03. The molecule has 0 aromatic heterocycles. The third-order valence-electron chi connectivity index (χ3n) is 4.19. The Morgan fingerprint density at radius 3 is 2.71 bits per heavy atom. The number of nitrogens with zero attached hydrogens (tertiary/aromatic N) is 1. The molecule has 1 amide bonds. The van der Waals surface area contributed by atoms with Crippen molar-refractivity contribution in [2.24, 2.45) is 11.7 Å². The Bertz CT molecular complexity index is 455. The number of nitrogens with two attached hydrogens (primary N) is 1. The average molecular weight is 289 g/mol. The van der Waals surface area contributed by atoms with Crippen LogP contribution in [0.5, 0.6) is 0 Å². The second kappa shape index (κ2) is 8.15. The second-order valence-corrected chi connectivity index (χ2v) is 5.95. The van der Waals surface area contributed by atoms with Gasteiger partial charge in [0.25, 0.3) is 0 Å². The Hall–Kier alpha value is -1.39. The van der Waals surface area contributed by atoms with Gasteiger partial charge in [0.15, 0.2) is 0 Å². The summed E-state index contributed by atoms with van der Waals surface area (Å²) in [5.41, 5.74) is 7.19. The first kappa shape index (κ1) is 16.0. The van der Waals surface area contributed by atoms with Gasteiger partial charge in [0.2, 0.25) is 5.91 Å². The fourth-order valence-electron chi connectivity index (χ4n) is 3.12. The summed E-state index contributed by atoms with van der Waals surface area (Å²) >= 11 is 0. The lowest BCUT2D eigenvalue weighted by Crippen LogP contribution is -2.36. The van der Waals surface area contributed by atoms with Crippen molar-refractivity contribution in [3.63, 3.8) is 0 Å². The molecule has 0 atom stereocenters. The third-order valence-corrected chi connectivity index (χ3v) is 4.19. The Morgan fingerprint density at radius 1 is 1.33 bits per heavy atom. The van der Waals surface area contributed by atoms with Crippen LogP contribution in [0.4, 0.5) is 0 Å². The molecule has 116 valence electrons. The van der Waals surface area contributed by atoms with Crippen LogP contribution in [-0.4, -0.2) is 37.0 Å². The van der Waals surface area contributed by atoms with E-state index in [0.29, 0.717) is 5.56 Å². The molecule has 0 saturated carbocycles. The first-order valence-electron chi connectivity index (χ1n) is 8.01. The van der Waals surface area contributed by atoms with E-state index in [1.165, 1.54) is 12.8 Å². The van der Waals surface area contributed by atoms with Crippen molar-refractivity contribution in [1.29, 1.82) is 0 Å². The third kappa shape index (κ3) is 4.83. The Morgan fingerprint density at radius 2 is 2.05 bits per heavy atom. The molecule has 4 heteroatoms. The van der Waals surface area contributed by atoms with Gasteiger partial charge in [-0.2, -0.15) is 0 Å². The highest BCUT2D eigenvalue weighted by molar-refractivity contribution is 5.94. The molecule has 3 N–H and O–H groups in total. The zero-order valence-electron chi connectivity index (χ0n) is 13.0. The van der Waals surface area contributed by atoms with E-state index >= 15 is 0 Å². The average Bonchev–Trinajstić information content (AvgIpc) is 2.49. The first-order valence-corrected chi connectivity index (χ1v) is 8.01. The molecular formula is C17H27N3O. The van der Waals surface area contributed by atoms with Gasteiger partial charge in [-0.25, -0.2) is 0 Å². The second-order valence-electron chi connectivity index (χ2n) is 5.95. The summed E-state index contributed by atoms with van der Waals surface area (Å²) in [6.07, 6.45) is 3.62. The van der Waals surface area contributed by atoms with E-state index < -0.39 is 0 Å². The molecule has 1 aromatic carbocycles. The number of nitrogens with one attached hydrogen (secondary N) is 1. The number of amides is 1. The van der Waals surface area contributed by atoms with E-state index in [1.54, 1.807) is 0 Å². The van der Waals surface area contributed by atoms with Gasteiger partial charge in [0.05, 0.1) is 0 Å². The molecule has 4 nitrogen and oxygen atoms in total. The standard InChI is InChI=1S/C17H27N3O/c1-2-11-20(12-14-7-9-19-10-8-14)13-15-5-3-4-6-16(15)17(18)21/h3-6,14,19H,2,7-13H2,1H3,(H2,18,21). The van der Waals surface area contributed by atoms with Crippen molar-refractivity contribution in [2.75, 3.05) is 26.2 Å². The van der Waals surface area contributed by atoms with Gasteiger partial charge in [-0.1, -0.05) is 25.1 Å². The number of piperidine rings is 1. The van der Waals surface area contributed by atoms with Gasteiger partial charge in [0.1, 0.15) is 0 Å². The van der Waals surface area contributed by atoms with Crippen LogP contribution < -0.4 is 11.1 Å². The van der Waals surface area contributed by atoms with E-state index in [9.17, 15) is 4.79 Å². The van der Waals surface area contributed by atoms with Crippen LogP contribution in [0.2, 0.25) is 0 Å². The van der Waals surface area contributed by atoms with Crippen LogP contribution in [0.1, 0.15) is 42.1 Å². The summed E-state index contributed by atoms with van der Waals surface area (Å²) in [6.45, 7) is 7.46.